The number of carboxylic acid groups (broad SMARTS) is 1. The van der Waals surface area contributed by atoms with Crippen LogP contribution in [0.3, 0.4) is 0 Å². The largest absolute Gasteiger partial charge is 0.481 e. The van der Waals surface area contributed by atoms with Gasteiger partial charge in [-0.05, 0) is 55.7 Å². The highest BCUT2D eigenvalue weighted by atomic mass is 16.4. The average molecular weight is 359 g/mol. The monoisotopic (exact) mass is 358 g/mol. The number of hydrogen-bond donors (Lipinski definition) is 1. The molecule has 144 valence electrons. The zero-order valence-corrected chi connectivity index (χ0v) is 16.8. The second-order valence-electron chi connectivity index (χ2n) is 7.25. The van der Waals surface area contributed by atoms with Crippen LogP contribution in [0.4, 0.5) is 0 Å². The second kappa shape index (κ2) is 9.75. The molecule has 2 atom stereocenters. The van der Waals surface area contributed by atoms with Gasteiger partial charge in [-0.3, -0.25) is 9.79 Å². The fourth-order valence-electron chi connectivity index (χ4n) is 4.26. The Kier molecular flexibility index (Phi) is 7.67. The van der Waals surface area contributed by atoms with Crippen LogP contribution < -0.4 is 0 Å². The van der Waals surface area contributed by atoms with E-state index in [-0.39, 0.29) is 11.8 Å². The smallest absolute Gasteiger partial charge is 0.307 e. The summed E-state index contributed by atoms with van der Waals surface area (Å²) in [4.78, 5) is 18.5. The van der Waals surface area contributed by atoms with Crippen LogP contribution >= 0.6 is 0 Å². The number of carbonyl (C=O) groups is 1. The molecule has 0 radical (unpaired) electrons. The second-order valence-corrected chi connectivity index (χ2v) is 7.25. The minimum Gasteiger partial charge on any atom is -0.481 e. The molecule has 0 saturated heterocycles. The van der Waals surface area contributed by atoms with Gasteiger partial charge in [-0.2, -0.15) is 0 Å². The standard InChI is InChI=1S/C22H34N2O2/c1-5-8-9-14-24(7-3)21(23-4)17-11-12-19-16(15-17)10-13-20(19)18(6-2)22(25)26/h11-12,15,18,20H,5-10,13-14H2,1-4H3,(H,25,26). The molecular weight excluding hydrogens is 324 g/mol. The Morgan fingerprint density at radius 3 is 2.65 bits per heavy atom. The maximum Gasteiger partial charge on any atom is 0.307 e. The van der Waals surface area contributed by atoms with E-state index >= 15 is 0 Å². The van der Waals surface area contributed by atoms with Crippen LogP contribution in [0.25, 0.3) is 0 Å². The lowest BCUT2D eigenvalue weighted by Gasteiger charge is -2.25. The Hall–Kier alpha value is -1.84. The molecule has 0 heterocycles. The number of unbranched alkanes of at least 4 members (excludes halogenated alkanes) is 2. The summed E-state index contributed by atoms with van der Waals surface area (Å²) in [5.74, 6) is 0.261. The third kappa shape index (κ3) is 4.46. The molecule has 4 heteroatoms. The van der Waals surface area contributed by atoms with Crippen molar-refractivity contribution in [2.75, 3.05) is 20.1 Å². The van der Waals surface area contributed by atoms with Crippen molar-refractivity contribution in [3.05, 3.63) is 34.9 Å². The summed E-state index contributed by atoms with van der Waals surface area (Å²) in [6, 6.07) is 6.53. The molecule has 0 amide bonds. The fourth-order valence-corrected chi connectivity index (χ4v) is 4.26. The van der Waals surface area contributed by atoms with Gasteiger partial charge in [0.15, 0.2) is 0 Å². The lowest BCUT2D eigenvalue weighted by molar-refractivity contribution is -0.142. The van der Waals surface area contributed by atoms with E-state index in [1.807, 2.05) is 14.0 Å². The summed E-state index contributed by atoms with van der Waals surface area (Å²) in [6.07, 6.45) is 6.25. The number of carboxylic acids is 1. The predicted octanol–water partition coefficient (Wildman–Crippen LogP) is 4.72. The molecule has 0 fully saturated rings. The number of aliphatic imine (C=N–C) groups is 1. The lowest BCUT2D eigenvalue weighted by Crippen LogP contribution is -2.32. The molecule has 1 aromatic rings. The predicted molar refractivity (Wildman–Crippen MR) is 108 cm³/mol. The van der Waals surface area contributed by atoms with E-state index in [1.54, 1.807) is 0 Å². The highest BCUT2D eigenvalue weighted by Gasteiger charge is 2.33. The Morgan fingerprint density at radius 2 is 2.08 bits per heavy atom. The van der Waals surface area contributed by atoms with Gasteiger partial charge in [0.1, 0.15) is 5.84 Å². The molecule has 1 aliphatic carbocycles. The highest BCUT2D eigenvalue weighted by Crippen LogP contribution is 2.40. The van der Waals surface area contributed by atoms with Crippen molar-refractivity contribution in [2.24, 2.45) is 10.9 Å². The average Bonchev–Trinajstić information content (AvgIpc) is 3.04. The molecule has 1 aromatic carbocycles. The van der Waals surface area contributed by atoms with Crippen LogP contribution in [-0.2, 0) is 11.2 Å². The molecule has 2 rings (SSSR count). The van der Waals surface area contributed by atoms with Crippen LogP contribution in [0.2, 0.25) is 0 Å². The number of nitrogens with zero attached hydrogens (tertiary/aromatic N) is 2. The summed E-state index contributed by atoms with van der Waals surface area (Å²) in [5.41, 5.74) is 3.69. The summed E-state index contributed by atoms with van der Waals surface area (Å²) in [5, 5.41) is 9.52. The van der Waals surface area contributed by atoms with E-state index < -0.39 is 5.97 Å². The number of fused-ring (bicyclic) bond motifs is 1. The first-order chi connectivity index (χ1) is 12.6. The molecule has 4 nitrogen and oxygen atoms in total. The number of amidine groups is 1. The van der Waals surface area contributed by atoms with E-state index in [0.717, 1.165) is 37.3 Å². The number of aliphatic carboxylic acids is 1. The van der Waals surface area contributed by atoms with Gasteiger partial charge in [0.2, 0.25) is 0 Å². The van der Waals surface area contributed by atoms with E-state index in [1.165, 1.54) is 30.4 Å². The third-order valence-corrected chi connectivity index (χ3v) is 5.69. The Balaban J connectivity index is 2.23. The summed E-state index contributed by atoms with van der Waals surface area (Å²) < 4.78 is 0. The first-order valence-corrected chi connectivity index (χ1v) is 10.1. The van der Waals surface area contributed by atoms with Gasteiger partial charge in [0.25, 0.3) is 0 Å². The van der Waals surface area contributed by atoms with Crippen molar-refractivity contribution >= 4 is 11.8 Å². The summed E-state index contributed by atoms with van der Waals surface area (Å²) in [6.45, 7) is 8.37. The van der Waals surface area contributed by atoms with Crippen LogP contribution in [0.15, 0.2) is 23.2 Å². The molecule has 2 unspecified atom stereocenters. The molecule has 0 saturated carbocycles. The SMILES string of the molecule is CCCCCN(CC)C(=NC)c1ccc2c(c1)CCC2C(CC)C(=O)O. The maximum absolute atomic E-state index is 11.6. The molecule has 1 aliphatic rings. The first kappa shape index (κ1) is 20.5. The van der Waals surface area contributed by atoms with Crippen molar-refractivity contribution in [1.29, 1.82) is 0 Å². The Bertz CT molecular complexity index is 639. The van der Waals surface area contributed by atoms with E-state index in [0.29, 0.717) is 6.42 Å². The zero-order valence-electron chi connectivity index (χ0n) is 16.8. The minimum atomic E-state index is -0.668. The Morgan fingerprint density at radius 1 is 1.31 bits per heavy atom. The van der Waals surface area contributed by atoms with Crippen LogP contribution in [0.1, 0.15) is 75.5 Å². The third-order valence-electron chi connectivity index (χ3n) is 5.69. The van der Waals surface area contributed by atoms with Crippen molar-refractivity contribution in [2.45, 2.75) is 65.2 Å². The molecule has 1 N–H and O–H groups in total. The van der Waals surface area contributed by atoms with Gasteiger partial charge >= 0.3 is 5.97 Å². The van der Waals surface area contributed by atoms with E-state index in [2.05, 4.69) is 41.9 Å². The summed E-state index contributed by atoms with van der Waals surface area (Å²) in [7, 11) is 1.87. The molecule has 0 bridgehead atoms. The van der Waals surface area contributed by atoms with E-state index in [4.69, 9.17) is 0 Å². The molecular formula is C22H34N2O2. The van der Waals surface area contributed by atoms with Crippen LogP contribution in [0, 0.1) is 5.92 Å². The van der Waals surface area contributed by atoms with Gasteiger partial charge in [0.05, 0.1) is 5.92 Å². The zero-order chi connectivity index (χ0) is 19.1. The number of aryl methyl sites for hydroxylation is 1. The Labute approximate surface area is 158 Å². The number of rotatable bonds is 9. The van der Waals surface area contributed by atoms with Crippen LogP contribution in [0.5, 0.6) is 0 Å². The lowest BCUT2D eigenvalue weighted by atomic mass is 9.85. The van der Waals surface area contributed by atoms with Gasteiger partial charge < -0.3 is 10.0 Å². The van der Waals surface area contributed by atoms with Gasteiger partial charge in [0, 0.05) is 25.7 Å². The topological polar surface area (TPSA) is 52.9 Å². The molecule has 0 spiro atoms. The van der Waals surface area contributed by atoms with Gasteiger partial charge in [-0.25, -0.2) is 0 Å². The molecule has 0 aromatic heterocycles. The fraction of sp³-hybridized carbons (Fsp3) is 0.636. The molecule has 0 aliphatic heterocycles. The van der Waals surface area contributed by atoms with Crippen molar-refractivity contribution in [1.82, 2.24) is 4.90 Å². The van der Waals surface area contributed by atoms with Gasteiger partial charge in [-0.1, -0.05) is 38.8 Å². The number of hydrogen-bond acceptors (Lipinski definition) is 2. The minimum absolute atomic E-state index is 0.149. The van der Waals surface area contributed by atoms with Gasteiger partial charge in [-0.15, -0.1) is 0 Å². The van der Waals surface area contributed by atoms with Crippen molar-refractivity contribution < 1.29 is 9.90 Å². The first-order valence-electron chi connectivity index (χ1n) is 10.1. The van der Waals surface area contributed by atoms with Crippen molar-refractivity contribution in [3.8, 4) is 0 Å². The maximum atomic E-state index is 11.6. The summed E-state index contributed by atoms with van der Waals surface area (Å²) >= 11 is 0. The highest BCUT2D eigenvalue weighted by molar-refractivity contribution is 5.99. The van der Waals surface area contributed by atoms with Crippen LogP contribution in [-0.4, -0.2) is 41.9 Å². The quantitative estimate of drug-likeness (QED) is 0.395. The van der Waals surface area contributed by atoms with Crippen molar-refractivity contribution in [3.63, 3.8) is 0 Å². The van der Waals surface area contributed by atoms with E-state index in [9.17, 15) is 9.90 Å². The molecule has 26 heavy (non-hydrogen) atoms. The normalized spacial score (nSPS) is 17.8. The number of benzene rings is 1.